The van der Waals surface area contributed by atoms with Crippen molar-refractivity contribution >= 4 is 15.7 Å². The SMILES string of the molecule is O=S(=O)(Nc1ccc(CCNCC(O)c2cccnc2)cc1)c1ccc(-c2nc(-c3ccc(OC(F)(F)F)cc3)no2)cc1. The number of anilines is 1. The van der Waals surface area contributed by atoms with Crippen LogP contribution in [0, 0.1) is 0 Å². The normalized spacial score (nSPS) is 12.5. The van der Waals surface area contributed by atoms with Crippen molar-refractivity contribution in [2.45, 2.75) is 23.8 Å². The summed E-state index contributed by atoms with van der Waals surface area (Å²) in [6, 6.07) is 21.4. The number of pyridine rings is 1. The summed E-state index contributed by atoms with van der Waals surface area (Å²) in [5.74, 6) is -0.142. The molecule has 44 heavy (non-hydrogen) atoms. The molecule has 0 fully saturated rings. The zero-order chi connectivity index (χ0) is 31.2. The first-order valence-corrected chi connectivity index (χ1v) is 14.7. The van der Waals surface area contributed by atoms with Crippen molar-refractivity contribution in [2.24, 2.45) is 0 Å². The molecule has 3 aromatic carbocycles. The van der Waals surface area contributed by atoms with Gasteiger partial charge in [0.2, 0.25) is 5.82 Å². The molecule has 0 aliphatic rings. The molecule has 10 nitrogen and oxygen atoms in total. The Morgan fingerprint density at radius 3 is 2.30 bits per heavy atom. The van der Waals surface area contributed by atoms with Crippen LogP contribution in [0.15, 0.2) is 107 Å². The quantitative estimate of drug-likeness (QED) is 0.156. The molecule has 0 spiro atoms. The molecule has 0 saturated carbocycles. The van der Waals surface area contributed by atoms with E-state index in [1.165, 1.54) is 36.4 Å². The van der Waals surface area contributed by atoms with Gasteiger partial charge in [-0.2, -0.15) is 4.98 Å². The highest BCUT2D eigenvalue weighted by molar-refractivity contribution is 7.92. The van der Waals surface area contributed by atoms with Gasteiger partial charge in [0.1, 0.15) is 5.75 Å². The molecular weight excluding hydrogens is 599 g/mol. The highest BCUT2D eigenvalue weighted by atomic mass is 32.2. The first kappa shape index (κ1) is 30.7. The van der Waals surface area contributed by atoms with Crippen LogP contribution < -0.4 is 14.8 Å². The molecule has 2 aromatic heterocycles. The number of aliphatic hydroxyl groups excluding tert-OH is 1. The van der Waals surface area contributed by atoms with Crippen LogP contribution in [0.3, 0.4) is 0 Å². The van der Waals surface area contributed by atoms with Gasteiger partial charge in [-0.25, -0.2) is 8.42 Å². The Morgan fingerprint density at radius 2 is 1.64 bits per heavy atom. The third-order valence-electron chi connectivity index (χ3n) is 6.39. The van der Waals surface area contributed by atoms with Gasteiger partial charge in [-0.15, -0.1) is 13.2 Å². The minimum atomic E-state index is -4.80. The number of halogens is 3. The molecule has 1 unspecified atom stereocenters. The fourth-order valence-corrected chi connectivity index (χ4v) is 5.21. The lowest BCUT2D eigenvalue weighted by molar-refractivity contribution is -0.274. The van der Waals surface area contributed by atoms with E-state index in [4.69, 9.17) is 4.52 Å². The lowest BCUT2D eigenvalue weighted by atomic mass is 10.1. The number of sulfonamides is 1. The van der Waals surface area contributed by atoms with Gasteiger partial charge in [-0.1, -0.05) is 23.4 Å². The summed E-state index contributed by atoms with van der Waals surface area (Å²) in [6.07, 6.45) is -1.50. The summed E-state index contributed by atoms with van der Waals surface area (Å²) in [4.78, 5) is 8.26. The molecule has 228 valence electrons. The van der Waals surface area contributed by atoms with Gasteiger partial charge in [-0.05, 0) is 85.3 Å². The molecule has 0 bridgehead atoms. The van der Waals surface area contributed by atoms with Gasteiger partial charge in [-0.3, -0.25) is 9.71 Å². The maximum Gasteiger partial charge on any atom is 0.573 e. The van der Waals surface area contributed by atoms with E-state index >= 15 is 0 Å². The van der Waals surface area contributed by atoms with Crippen molar-refractivity contribution < 1.29 is 36.0 Å². The first-order valence-electron chi connectivity index (χ1n) is 13.3. The predicted octanol–water partition coefficient (Wildman–Crippen LogP) is 5.36. The molecule has 0 radical (unpaired) electrons. The third kappa shape index (κ3) is 8.18. The van der Waals surface area contributed by atoms with Crippen LogP contribution in [0.5, 0.6) is 5.75 Å². The molecule has 5 rings (SSSR count). The molecular formula is C30H26F3N5O5S. The number of hydrogen-bond acceptors (Lipinski definition) is 9. The summed E-state index contributed by atoms with van der Waals surface area (Å²) >= 11 is 0. The van der Waals surface area contributed by atoms with Crippen LogP contribution >= 0.6 is 0 Å². The van der Waals surface area contributed by atoms with E-state index in [1.807, 2.05) is 18.2 Å². The zero-order valence-corrected chi connectivity index (χ0v) is 23.7. The Hall–Kier alpha value is -4.79. The number of aliphatic hydroxyl groups is 1. The van der Waals surface area contributed by atoms with Gasteiger partial charge >= 0.3 is 6.36 Å². The highest BCUT2D eigenvalue weighted by Gasteiger charge is 2.31. The molecule has 2 heterocycles. The Kier molecular flexibility index (Phi) is 9.23. The second-order valence-electron chi connectivity index (χ2n) is 9.58. The Labute approximate surface area is 250 Å². The monoisotopic (exact) mass is 625 g/mol. The first-order chi connectivity index (χ1) is 21.1. The van der Waals surface area contributed by atoms with Crippen LogP contribution in [-0.2, 0) is 16.4 Å². The summed E-state index contributed by atoms with van der Waals surface area (Å²) in [5, 5.41) is 17.2. The van der Waals surface area contributed by atoms with Crippen molar-refractivity contribution in [3.8, 4) is 28.6 Å². The fraction of sp³-hybridized carbons (Fsp3) is 0.167. The molecule has 0 aliphatic heterocycles. The maximum absolute atomic E-state index is 12.9. The molecule has 5 aromatic rings. The van der Waals surface area contributed by atoms with E-state index < -0.39 is 22.5 Å². The summed E-state index contributed by atoms with van der Waals surface area (Å²) < 4.78 is 74.7. The molecule has 14 heteroatoms. The zero-order valence-electron chi connectivity index (χ0n) is 22.9. The highest BCUT2D eigenvalue weighted by Crippen LogP contribution is 2.28. The topological polar surface area (TPSA) is 139 Å². The van der Waals surface area contributed by atoms with Gasteiger partial charge < -0.3 is 19.7 Å². The van der Waals surface area contributed by atoms with Crippen molar-refractivity contribution in [2.75, 3.05) is 17.8 Å². The number of aromatic nitrogens is 3. The second-order valence-corrected chi connectivity index (χ2v) is 11.3. The second kappa shape index (κ2) is 13.2. The minimum Gasteiger partial charge on any atom is -0.406 e. The van der Waals surface area contributed by atoms with E-state index in [0.29, 0.717) is 36.3 Å². The van der Waals surface area contributed by atoms with Gasteiger partial charge in [0, 0.05) is 41.3 Å². The van der Waals surface area contributed by atoms with Gasteiger partial charge in [0.25, 0.3) is 15.9 Å². The van der Waals surface area contributed by atoms with E-state index in [1.54, 1.807) is 30.6 Å². The van der Waals surface area contributed by atoms with Crippen LogP contribution in [0.2, 0.25) is 0 Å². The number of ether oxygens (including phenoxy) is 1. The van der Waals surface area contributed by atoms with E-state index in [9.17, 15) is 26.7 Å². The molecule has 3 N–H and O–H groups in total. The standard InChI is InChI=1S/C30H26F3N5O5S/c31-30(32,33)42-25-11-5-21(6-12-25)28-36-29(43-37-28)22-7-13-26(14-8-22)44(40,41)38-24-9-3-20(4-10-24)15-17-35-19-27(39)23-2-1-16-34-18-23/h1-14,16,18,27,35,38-39H,15,17,19H2. The third-order valence-corrected chi connectivity index (χ3v) is 7.78. The van der Waals surface area contributed by atoms with Crippen molar-refractivity contribution in [3.63, 3.8) is 0 Å². The van der Waals surface area contributed by atoms with Crippen molar-refractivity contribution in [3.05, 3.63) is 108 Å². The average molecular weight is 626 g/mol. The summed E-state index contributed by atoms with van der Waals surface area (Å²) in [5.41, 5.74) is 2.97. The van der Waals surface area contributed by atoms with Crippen LogP contribution in [0.25, 0.3) is 22.8 Å². The van der Waals surface area contributed by atoms with Crippen molar-refractivity contribution in [1.29, 1.82) is 0 Å². The van der Waals surface area contributed by atoms with Crippen LogP contribution in [0.1, 0.15) is 17.2 Å². The minimum absolute atomic E-state index is 0.0155. The van der Waals surface area contributed by atoms with Gasteiger partial charge in [0.15, 0.2) is 0 Å². The molecule has 1 atom stereocenters. The number of hydrogen-bond donors (Lipinski definition) is 3. The Bertz CT molecular complexity index is 1770. The van der Waals surface area contributed by atoms with E-state index in [-0.39, 0.29) is 22.4 Å². The molecule has 0 amide bonds. The van der Waals surface area contributed by atoms with Crippen molar-refractivity contribution in [1.82, 2.24) is 20.4 Å². The number of rotatable bonds is 12. The van der Waals surface area contributed by atoms with Crippen LogP contribution in [0.4, 0.5) is 18.9 Å². The fourth-order valence-electron chi connectivity index (χ4n) is 4.16. The number of benzene rings is 3. The summed E-state index contributed by atoms with van der Waals surface area (Å²) in [6.45, 7) is 1.01. The Balaban J connectivity index is 1.14. The molecule has 0 saturated heterocycles. The lowest BCUT2D eigenvalue weighted by Gasteiger charge is -2.12. The number of alkyl halides is 3. The number of nitrogens with one attached hydrogen (secondary N) is 2. The average Bonchev–Trinajstić information content (AvgIpc) is 3.50. The van der Waals surface area contributed by atoms with Crippen LogP contribution in [-0.4, -0.2) is 48.1 Å². The van der Waals surface area contributed by atoms with E-state index in [2.05, 4.69) is 29.9 Å². The lowest BCUT2D eigenvalue weighted by Crippen LogP contribution is -2.23. The summed E-state index contributed by atoms with van der Waals surface area (Å²) in [7, 11) is -3.89. The van der Waals surface area contributed by atoms with E-state index in [0.717, 1.165) is 23.3 Å². The largest absolute Gasteiger partial charge is 0.573 e. The maximum atomic E-state index is 12.9. The van der Waals surface area contributed by atoms with Gasteiger partial charge in [0.05, 0.1) is 11.0 Å². The predicted molar refractivity (Wildman–Crippen MR) is 155 cm³/mol. The Morgan fingerprint density at radius 1 is 0.932 bits per heavy atom. The molecule has 0 aliphatic carbocycles. The smallest absolute Gasteiger partial charge is 0.406 e. The number of nitrogens with zero attached hydrogens (tertiary/aromatic N) is 3.